The third-order valence-electron chi connectivity index (χ3n) is 2.68. The van der Waals surface area contributed by atoms with Crippen molar-refractivity contribution in [3.8, 4) is 0 Å². The zero-order valence-electron chi connectivity index (χ0n) is 10.9. The van der Waals surface area contributed by atoms with Crippen LogP contribution in [-0.2, 0) is 4.79 Å². The standard InChI is InChI=1S/C13H19FN2O2/c1-9(13(18)16(2)3)15-8-12(17)10-4-6-11(14)7-5-10/h4-7,9,12,15,17H,8H2,1-3H3. The van der Waals surface area contributed by atoms with Crippen LogP contribution < -0.4 is 5.32 Å². The summed E-state index contributed by atoms with van der Waals surface area (Å²) in [6.45, 7) is 1.98. The van der Waals surface area contributed by atoms with Crippen LogP contribution in [-0.4, -0.2) is 42.6 Å². The minimum atomic E-state index is -0.761. The molecule has 0 saturated heterocycles. The minimum Gasteiger partial charge on any atom is -0.387 e. The molecule has 0 aromatic heterocycles. The second kappa shape index (κ2) is 6.47. The van der Waals surface area contributed by atoms with Crippen molar-refractivity contribution in [2.75, 3.05) is 20.6 Å². The number of hydrogen-bond acceptors (Lipinski definition) is 3. The third-order valence-corrected chi connectivity index (χ3v) is 2.68. The molecule has 1 amide bonds. The van der Waals surface area contributed by atoms with Crippen molar-refractivity contribution < 1.29 is 14.3 Å². The Morgan fingerprint density at radius 1 is 1.39 bits per heavy atom. The Morgan fingerprint density at radius 3 is 2.44 bits per heavy atom. The maximum Gasteiger partial charge on any atom is 0.238 e. The molecule has 0 aliphatic carbocycles. The molecule has 4 nitrogen and oxygen atoms in total. The van der Waals surface area contributed by atoms with E-state index in [-0.39, 0.29) is 24.3 Å². The number of aliphatic hydroxyl groups excluding tert-OH is 1. The first kappa shape index (κ1) is 14.6. The quantitative estimate of drug-likeness (QED) is 0.821. The molecule has 0 bridgehead atoms. The number of nitrogens with one attached hydrogen (secondary N) is 1. The number of halogens is 1. The van der Waals surface area contributed by atoms with Gasteiger partial charge in [0, 0.05) is 20.6 Å². The molecule has 0 fully saturated rings. The smallest absolute Gasteiger partial charge is 0.238 e. The van der Waals surface area contributed by atoms with Crippen molar-refractivity contribution in [1.29, 1.82) is 0 Å². The fourth-order valence-corrected chi connectivity index (χ4v) is 1.57. The van der Waals surface area contributed by atoms with E-state index in [4.69, 9.17) is 0 Å². The minimum absolute atomic E-state index is 0.0543. The van der Waals surface area contributed by atoms with E-state index in [2.05, 4.69) is 5.32 Å². The second-order valence-electron chi connectivity index (χ2n) is 4.43. The van der Waals surface area contributed by atoms with Gasteiger partial charge in [-0.15, -0.1) is 0 Å². The summed E-state index contributed by atoms with van der Waals surface area (Å²) >= 11 is 0. The van der Waals surface area contributed by atoms with Crippen LogP contribution in [0.5, 0.6) is 0 Å². The van der Waals surface area contributed by atoms with Gasteiger partial charge in [-0.2, -0.15) is 0 Å². The molecule has 0 spiro atoms. The van der Waals surface area contributed by atoms with Crippen molar-refractivity contribution in [3.05, 3.63) is 35.6 Å². The predicted octanol–water partition coefficient (Wildman–Crippen LogP) is 0.925. The summed E-state index contributed by atoms with van der Waals surface area (Å²) in [5.41, 5.74) is 0.619. The molecular formula is C13H19FN2O2. The van der Waals surface area contributed by atoms with E-state index in [1.807, 2.05) is 0 Å². The first-order valence-corrected chi connectivity index (χ1v) is 5.80. The highest BCUT2D eigenvalue weighted by Gasteiger charge is 2.16. The van der Waals surface area contributed by atoms with Crippen molar-refractivity contribution in [2.24, 2.45) is 0 Å². The fraction of sp³-hybridized carbons (Fsp3) is 0.462. The highest BCUT2D eigenvalue weighted by atomic mass is 19.1. The van der Waals surface area contributed by atoms with Crippen LogP contribution in [0.2, 0.25) is 0 Å². The van der Waals surface area contributed by atoms with Gasteiger partial charge in [0.25, 0.3) is 0 Å². The predicted molar refractivity (Wildman–Crippen MR) is 67.5 cm³/mol. The molecule has 0 heterocycles. The molecule has 18 heavy (non-hydrogen) atoms. The van der Waals surface area contributed by atoms with Crippen LogP contribution in [0, 0.1) is 5.82 Å². The van der Waals surface area contributed by atoms with Crippen LogP contribution in [0.25, 0.3) is 0 Å². The van der Waals surface area contributed by atoms with Crippen molar-refractivity contribution >= 4 is 5.91 Å². The Balaban J connectivity index is 2.48. The zero-order valence-corrected chi connectivity index (χ0v) is 10.9. The van der Waals surface area contributed by atoms with E-state index in [0.29, 0.717) is 5.56 Å². The van der Waals surface area contributed by atoms with Gasteiger partial charge in [0.15, 0.2) is 0 Å². The number of likely N-dealkylation sites (N-methyl/N-ethyl adjacent to an activating group) is 1. The number of nitrogens with zero attached hydrogens (tertiary/aromatic N) is 1. The van der Waals surface area contributed by atoms with Crippen LogP contribution in [0.4, 0.5) is 4.39 Å². The van der Waals surface area contributed by atoms with Crippen LogP contribution in [0.3, 0.4) is 0 Å². The van der Waals surface area contributed by atoms with Crippen LogP contribution in [0.1, 0.15) is 18.6 Å². The lowest BCUT2D eigenvalue weighted by Crippen LogP contribution is -2.42. The van der Waals surface area contributed by atoms with E-state index in [1.54, 1.807) is 21.0 Å². The summed E-state index contributed by atoms with van der Waals surface area (Å²) in [6.07, 6.45) is -0.761. The lowest BCUT2D eigenvalue weighted by atomic mass is 10.1. The molecule has 0 aliphatic heterocycles. The molecule has 5 heteroatoms. The molecule has 2 atom stereocenters. The molecular weight excluding hydrogens is 235 g/mol. The Hall–Kier alpha value is -1.46. The third kappa shape index (κ3) is 4.09. The number of aliphatic hydroxyl groups is 1. The topological polar surface area (TPSA) is 52.6 Å². The largest absolute Gasteiger partial charge is 0.387 e. The van der Waals surface area contributed by atoms with Crippen LogP contribution >= 0.6 is 0 Å². The van der Waals surface area contributed by atoms with Crippen molar-refractivity contribution in [3.63, 3.8) is 0 Å². The molecule has 1 rings (SSSR count). The van der Waals surface area contributed by atoms with Gasteiger partial charge in [-0.25, -0.2) is 4.39 Å². The Kier molecular flexibility index (Phi) is 5.25. The highest BCUT2D eigenvalue weighted by Crippen LogP contribution is 2.12. The molecule has 0 saturated carbocycles. The number of hydrogen-bond donors (Lipinski definition) is 2. The lowest BCUT2D eigenvalue weighted by molar-refractivity contribution is -0.130. The van der Waals surface area contributed by atoms with E-state index >= 15 is 0 Å². The van der Waals surface area contributed by atoms with Gasteiger partial charge in [0.2, 0.25) is 5.91 Å². The van der Waals surface area contributed by atoms with Gasteiger partial charge in [-0.3, -0.25) is 4.79 Å². The van der Waals surface area contributed by atoms with Gasteiger partial charge in [-0.05, 0) is 24.6 Å². The van der Waals surface area contributed by atoms with Crippen molar-refractivity contribution in [2.45, 2.75) is 19.1 Å². The first-order chi connectivity index (χ1) is 8.41. The maximum atomic E-state index is 12.7. The van der Waals surface area contributed by atoms with Gasteiger partial charge in [0.1, 0.15) is 5.82 Å². The summed E-state index contributed by atoms with van der Waals surface area (Å²) in [5, 5.41) is 12.8. The lowest BCUT2D eigenvalue weighted by Gasteiger charge is -2.20. The summed E-state index contributed by atoms with van der Waals surface area (Å²) in [7, 11) is 3.35. The van der Waals surface area contributed by atoms with E-state index in [1.165, 1.54) is 29.2 Å². The Morgan fingerprint density at radius 2 is 1.94 bits per heavy atom. The molecule has 2 N–H and O–H groups in total. The summed E-state index contributed by atoms with van der Waals surface area (Å²) in [4.78, 5) is 13.1. The maximum absolute atomic E-state index is 12.7. The van der Waals surface area contributed by atoms with Crippen molar-refractivity contribution in [1.82, 2.24) is 10.2 Å². The van der Waals surface area contributed by atoms with Gasteiger partial charge < -0.3 is 15.3 Å². The van der Waals surface area contributed by atoms with Gasteiger partial charge in [0.05, 0.1) is 12.1 Å². The van der Waals surface area contributed by atoms with Crippen LogP contribution in [0.15, 0.2) is 24.3 Å². The molecule has 1 aromatic carbocycles. The Labute approximate surface area is 106 Å². The average molecular weight is 254 g/mol. The molecule has 0 radical (unpaired) electrons. The SMILES string of the molecule is CC(NCC(O)c1ccc(F)cc1)C(=O)N(C)C. The van der Waals surface area contributed by atoms with Gasteiger partial charge in [-0.1, -0.05) is 12.1 Å². The average Bonchev–Trinajstić information content (AvgIpc) is 2.35. The van der Waals surface area contributed by atoms with E-state index in [9.17, 15) is 14.3 Å². The number of amides is 1. The van der Waals surface area contributed by atoms with E-state index in [0.717, 1.165) is 0 Å². The fourth-order valence-electron chi connectivity index (χ4n) is 1.57. The summed E-state index contributed by atoms with van der Waals surface area (Å²) < 4.78 is 12.7. The van der Waals surface area contributed by atoms with Gasteiger partial charge >= 0.3 is 0 Å². The summed E-state index contributed by atoms with van der Waals surface area (Å²) in [5.74, 6) is -0.392. The highest BCUT2D eigenvalue weighted by molar-refractivity contribution is 5.80. The monoisotopic (exact) mass is 254 g/mol. The molecule has 0 aliphatic rings. The number of benzene rings is 1. The number of rotatable bonds is 5. The van der Waals surface area contributed by atoms with E-state index < -0.39 is 6.10 Å². The Bertz CT molecular complexity index is 392. The first-order valence-electron chi connectivity index (χ1n) is 5.80. The normalized spacial score (nSPS) is 14.1. The zero-order chi connectivity index (χ0) is 13.7. The second-order valence-corrected chi connectivity index (χ2v) is 4.43. The molecule has 1 aromatic rings. The molecule has 2 unspecified atom stereocenters. The molecule has 100 valence electrons. The number of carbonyl (C=O) groups excluding carboxylic acids is 1. The summed E-state index contributed by atoms with van der Waals surface area (Å²) in [6, 6.07) is 5.29. The number of carbonyl (C=O) groups is 1.